The van der Waals surface area contributed by atoms with E-state index in [0.29, 0.717) is 36.9 Å². The molecule has 3 saturated heterocycles. The topological polar surface area (TPSA) is 83.6 Å². The van der Waals surface area contributed by atoms with E-state index in [1.807, 2.05) is 11.8 Å². The molecular formula is C18H23ClN4O3. The Morgan fingerprint density at radius 2 is 2.27 bits per heavy atom. The first kappa shape index (κ1) is 17.5. The Labute approximate surface area is 157 Å². The number of pyridine rings is 1. The van der Waals surface area contributed by atoms with E-state index in [1.165, 1.54) is 6.20 Å². The fraction of sp³-hybridized carbons (Fsp3) is 0.611. The van der Waals surface area contributed by atoms with E-state index in [0.717, 1.165) is 12.8 Å². The molecule has 7 nitrogen and oxygen atoms in total. The number of hydrogen-bond donors (Lipinski definition) is 2. The molecule has 3 amide bonds. The number of amides is 3. The Morgan fingerprint density at radius 3 is 3.00 bits per heavy atom. The Bertz CT molecular complexity index is 713. The first-order valence-corrected chi connectivity index (χ1v) is 9.50. The first-order chi connectivity index (χ1) is 12.5. The van der Waals surface area contributed by atoms with E-state index >= 15 is 0 Å². The van der Waals surface area contributed by atoms with Crippen molar-refractivity contribution in [2.75, 3.05) is 26.2 Å². The van der Waals surface area contributed by atoms with Crippen molar-refractivity contribution in [1.29, 1.82) is 0 Å². The molecule has 3 aliphatic rings. The van der Waals surface area contributed by atoms with Crippen LogP contribution in [0, 0.1) is 11.8 Å². The van der Waals surface area contributed by atoms with Crippen LogP contribution < -0.4 is 10.6 Å². The van der Waals surface area contributed by atoms with Crippen molar-refractivity contribution in [1.82, 2.24) is 20.5 Å². The number of hydrogen-bond acceptors (Lipinski definition) is 4. The van der Waals surface area contributed by atoms with Crippen LogP contribution in [0.1, 0.15) is 30.3 Å². The number of rotatable bonds is 4. The lowest BCUT2D eigenvalue weighted by molar-refractivity contribution is 0.00555. The third kappa shape index (κ3) is 2.93. The van der Waals surface area contributed by atoms with Gasteiger partial charge in [0.25, 0.3) is 5.91 Å². The Kier molecular flexibility index (Phi) is 4.52. The van der Waals surface area contributed by atoms with Crippen LogP contribution in [0.5, 0.6) is 0 Å². The van der Waals surface area contributed by atoms with Gasteiger partial charge in [0.1, 0.15) is 5.69 Å². The van der Waals surface area contributed by atoms with Gasteiger partial charge in [-0.15, -0.1) is 0 Å². The number of halogens is 1. The zero-order valence-electron chi connectivity index (χ0n) is 14.7. The Morgan fingerprint density at radius 1 is 1.42 bits per heavy atom. The smallest absolute Gasteiger partial charge is 0.317 e. The van der Waals surface area contributed by atoms with Crippen LogP contribution in [-0.4, -0.2) is 59.7 Å². The molecule has 3 fully saturated rings. The van der Waals surface area contributed by atoms with Crippen molar-refractivity contribution in [2.24, 2.45) is 11.8 Å². The van der Waals surface area contributed by atoms with Gasteiger partial charge >= 0.3 is 6.03 Å². The predicted octanol–water partition coefficient (Wildman–Crippen LogP) is 1.67. The number of urea groups is 1. The largest absolute Gasteiger partial charge is 0.369 e. The van der Waals surface area contributed by atoms with Gasteiger partial charge in [-0.25, -0.2) is 9.78 Å². The molecule has 4 rings (SSSR count). The zero-order valence-corrected chi connectivity index (χ0v) is 15.5. The van der Waals surface area contributed by atoms with Gasteiger partial charge in [0, 0.05) is 37.7 Å². The summed E-state index contributed by atoms with van der Waals surface area (Å²) in [5.74, 6) is 0.277. The Hall–Kier alpha value is -1.86. The second kappa shape index (κ2) is 6.70. The molecule has 0 aliphatic carbocycles. The summed E-state index contributed by atoms with van der Waals surface area (Å²) in [6, 6.07) is 3.24. The maximum absolute atomic E-state index is 12.3. The molecule has 8 heteroatoms. The number of carbonyl (C=O) groups excluding carboxylic acids is 2. The van der Waals surface area contributed by atoms with E-state index in [-0.39, 0.29) is 35.5 Å². The van der Waals surface area contributed by atoms with E-state index in [1.54, 1.807) is 12.1 Å². The molecule has 4 heterocycles. The summed E-state index contributed by atoms with van der Waals surface area (Å²) < 4.78 is 6.30. The van der Waals surface area contributed by atoms with Gasteiger partial charge in [0.15, 0.2) is 0 Å². The van der Waals surface area contributed by atoms with Crippen LogP contribution in [0.2, 0.25) is 5.02 Å². The van der Waals surface area contributed by atoms with Crippen LogP contribution >= 0.6 is 11.6 Å². The minimum absolute atomic E-state index is 0.0310. The normalized spacial score (nSPS) is 31.8. The van der Waals surface area contributed by atoms with Gasteiger partial charge in [-0.1, -0.05) is 11.6 Å². The summed E-state index contributed by atoms with van der Waals surface area (Å²) in [5, 5.41) is 6.35. The van der Waals surface area contributed by atoms with E-state index < -0.39 is 0 Å². The molecule has 0 aromatic carbocycles. The minimum atomic E-state index is -0.232. The molecule has 1 aromatic heterocycles. The molecule has 0 saturated carbocycles. The number of carbonyl (C=O) groups is 2. The van der Waals surface area contributed by atoms with Gasteiger partial charge in [-0.05, 0) is 31.9 Å². The van der Waals surface area contributed by atoms with Crippen LogP contribution in [0.25, 0.3) is 0 Å². The third-order valence-corrected chi connectivity index (χ3v) is 6.08. The highest BCUT2D eigenvalue weighted by Gasteiger charge is 2.63. The number of nitrogens with zero attached hydrogens (tertiary/aromatic N) is 2. The number of nitrogens with one attached hydrogen (secondary N) is 2. The van der Waals surface area contributed by atoms with E-state index in [2.05, 4.69) is 15.6 Å². The second-order valence-electron chi connectivity index (χ2n) is 7.32. The molecule has 0 radical (unpaired) electrons. The molecule has 2 N–H and O–H groups in total. The fourth-order valence-corrected chi connectivity index (χ4v) is 4.80. The quantitative estimate of drug-likeness (QED) is 0.834. The fourth-order valence-electron chi connectivity index (χ4n) is 4.69. The lowest BCUT2D eigenvalue weighted by Crippen LogP contribution is -2.42. The first-order valence-electron chi connectivity index (χ1n) is 9.13. The average molecular weight is 379 g/mol. The van der Waals surface area contributed by atoms with Gasteiger partial charge in [0.05, 0.1) is 23.3 Å². The molecule has 4 atom stereocenters. The maximum atomic E-state index is 12.3. The zero-order chi connectivity index (χ0) is 18.3. The third-order valence-electron chi connectivity index (χ3n) is 5.86. The van der Waals surface area contributed by atoms with Gasteiger partial charge in [-0.3, -0.25) is 4.79 Å². The summed E-state index contributed by atoms with van der Waals surface area (Å²) >= 11 is 5.81. The second-order valence-corrected chi connectivity index (χ2v) is 7.75. The number of aromatic nitrogens is 1. The van der Waals surface area contributed by atoms with Crippen LogP contribution in [-0.2, 0) is 4.74 Å². The van der Waals surface area contributed by atoms with Gasteiger partial charge in [0.2, 0.25) is 0 Å². The van der Waals surface area contributed by atoms with Crippen molar-refractivity contribution >= 4 is 23.5 Å². The average Bonchev–Trinajstić information content (AvgIpc) is 3.29. The van der Waals surface area contributed by atoms with Crippen molar-refractivity contribution in [2.45, 2.75) is 31.5 Å². The molecule has 140 valence electrons. The molecule has 1 aromatic rings. The summed E-state index contributed by atoms with van der Waals surface area (Å²) in [7, 11) is 0. The lowest BCUT2D eigenvalue weighted by Gasteiger charge is -2.29. The molecule has 1 spiro atoms. The number of ether oxygens (including phenoxy) is 1. The highest BCUT2D eigenvalue weighted by molar-refractivity contribution is 6.30. The highest BCUT2D eigenvalue weighted by atomic mass is 35.5. The predicted molar refractivity (Wildman–Crippen MR) is 96.0 cm³/mol. The van der Waals surface area contributed by atoms with E-state index in [4.69, 9.17) is 16.3 Å². The van der Waals surface area contributed by atoms with Crippen molar-refractivity contribution in [3.8, 4) is 0 Å². The molecule has 2 bridgehead atoms. The van der Waals surface area contributed by atoms with Crippen molar-refractivity contribution in [3.63, 3.8) is 0 Å². The number of likely N-dealkylation sites (tertiary alicyclic amines) is 1. The van der Waals surface area contributed by atoms with Crippen LogP contribution in [0.4, 0.5) is 4.79 Å². The SMILES string of the molecule is CCNC(=O)N1C[C@@H]2[C@H](CNC(=O)c3ccc(Cl)cn3)[C@H]3CC[C@]2(C1)O3. The summed E-state index contributed by atoms with van der Waals surface area (Å²) in [4.78, 5) is 30.4. The molecular weight excluding hydrogens is 356 g/mol. The molecule has 3 aliphatic heterocycles. The molecule has 26 heavy (non-hydrogen) atoms. The minimum Gasteiger partial charge on any atom is -0.369 e. The molecule has 0 unspecified atom stereocenters. The number of fused-ring (bicyclic) bond motifs is 1. The van der Waals surface area contributed by atoms with Crippen molar-refractivity contribution < 1.29 is 14.3 Å². The van der Waals surface area contributed by atoms with Crippen molar-refractivity contribution in [3.05, 3.63) is 29.0 Å². The lowest BCUT2D eigenvalue weighted by atomic mass is 9.73. The summed E-state index contributed by atoms with van der Waals surface area (Å²) in [6.45, 7) is 4.39. The van der Waals surface area contributed by atoms with E-state index in [9.17, 15) is 9.59 Å². The maximum Gasteiger partial charge on any atom is 0.317 e. The summed E-state index contributed by atoms with van der Waals surface area (Å²) in [5.41, 5.74) is 0.118. The Balaban J connectivity index is 1.41. The monoisotopic (exact) mass is 378 g/mol. The highest BCUT2D eigenvalue weighted by Crippen LogP contribution is 2.54. The summed E-state index contributed by atoms with van der Waals surface area (Å²) in [6.07, 6.45) is 3.60. The van der Waals surface area contributed by atoms with Gasteiger partial charge in [-0.2, -0.15) is 0 Å². The van der Waals surface area contributed by atoms with Crippen LogP contribution in [0.3, 0.4) is 0 Å². The van der Waals surface area contributed by atoms with Gasteiger partial charge < -0.3 is 20.3 Å². The van der Waals surface area contributed by atoms with Crippen LogP contribution in [0.15, 0.2) is 18.3 Å². The standard InChI is InChI=1S/C18H23ClN4O3/c1-2-20-17(25)23-9-13-12(15-5-6-18(13,10-23)26-15)8-22-16(24)14-4-3-11(19)7-21-14/h3-4,7,12-13,15H,2,5-6,8-10H2,1H3,(H,20,25)(H,22,24)/t12-,13+,15+,18+/m0/s1.